The number of nitrogen functional groups attached to an aromatic ring is 2. The van der Waals surface area contributed by atoms with Crippen LogP contribution in [0.4, 0.5) is 11.8 Å². The smallest absolute Gasteiger partial charge is 0.322 e. The van der Waals surface area contributed by atoms with E-state index < -0.39 is 0 Å². The van der Waals surface area contributed by atoms with Gasteiger partial charge in [-0.1, -0.05) is 0 Å². The second kappa shape index (κ2) is 5.74. The molecule has 2 rings (SSSR count). The van der Waals surface area contributed by atoms with Crippen LogP contribution in [-0.4, -0.2) is 31.0 Å². The van der Waals surface area contributed by atoms with Gasteiger partial charge in [0.15, 0.2) is 5.16 Å². The molecule has 0 fully saturated rings. The fourth-order valence-electron chi connectivity index (χ4n) is 1.25. The molecule has 2 aromatic heterocycles. The van der Waals surface area contributed by atoms with Crippen molar-refractivity contribution in [2.45, 2.75) is 30.3 Å². The maximum Gasteiger partial charge on any atom is 0.322 e. The number of hydrogen-bond donors (Lipinski definition) is 3. The summed E-state index contributed by atoms with van der Waals surface area (Å²) in [5, 5.41) is 0.512. The topological polar surface area (TPSA) is 146 Å². The Morgan fingerprint density at radius 3 is 2.65 bits per heavy atom. The van der Waals surface area contributed by atoms with Gasteiger partial charge in [-0.2, -0.15) is 15.0 Å². The Morgan fingerprint density at radius 1 is 1.25 bits per heavy atom. The van der Waals surface area contributed by atoms with Crippen molar-refractivity contribution in [2.24, 2.45) is 0 Å². The molecule has 0 aromatic carbocycles. The van der Waals surface area contributed by atoms with Gasteiger partial charge in [-0.05, 0) is 25.6 Å². The lowest BCUT2D eigenvalue weighted by molar-refractivity contribution is 0.219. The second-order valence-electron chi connectivity index (χ2n) is 4.00. The lowest BCUT2D eigenvalue weighted by atomic mass is 10.5. The van der Waals surface area contributed by atoms with E-state index in [0.29, 0.717) is 0 Å². The highest BCUT2D eigenvalue weighted by Crippen LogP contribution is 2.22. The predicted molar refractivity (Wildman–Crippen MR) is 73.4 cm³/mol. The molecule has 0 radical (unpaired) electrons. The highest BCUT2D eigenvalue weighted by Gasteiger charge is 2.10. The van der Waals surface area contributed by atoms with Crippen LogP contribution in [0, 0.1) is 0 Å². The van der Waals surface area contributed by atoms with Crippen molar-refractivity contribution in [2.75, 3.05) is 11.5 Å². The first-order chi connectivity index (χ1) is 9.42. The van der Waals surface area contributed by atoms with Crippen LogP contribution in [0.2, 0.25) is 0 Å². The zero-order valence-corrected chi connectivity index (χ0v) is 11.6. The number of aromatic amines is 1. The lowest BCUT2D eigenvalue weighted by Gasteiger charge is -2.08. The van der Waals surface area contributed by atoms with E-state index in [1.807, 2.05) is 13.8 Å². The Hall–Kier alpha value is -2.36. The molecule has 20 heavy (non-hydrogen) atoms. The van der Waals surface area contributed by atoms with Gasteiger partial charge in [0.25, 0.3) is 5.56 Å². The zero-order valence-electron chi connectivity index (χ0n) is 10.8. The van der Waals surface area contributed by atoms with E-state index in [1.165, 1.54) is 6.07 Å². The molecule has 5 N–H and O–H groups in total. The molecule has 0 saturated carbocycles. The van der Waals surface area contributed by atoms with Gasteiger partial charge in [-0.25, -0.2) is 4.98 Å². The average Bonchev–Trinajstić information content (AvgIpc) is 2.24. The molecule has 2 heterocycles. The Bertz CT molecular complexity index is 673. The van der Waals surface area contributed by atoms with Crippen LogP contribution in [0.25, 0.3) is 0 Å². The van der Waals surface area contributed by atoms with Crippen molar-refractivity contribution >= 4 is 23.5 Å². The van der Waals surface area contributed by atoms with Crippen molar-refractivity contribution in [3.63, 3.8) is 0 Å². The molecule has 0 aliphatic carbocycles. The van der Waals surface area contributed by atoms with Crippen LogP contribution < -0.4 is 21.8 Å². The van der Waals surface area contributed by atoms with Gasteiger partial charge in [0.05, 0.1) is 6.10 Å². The van der Waals surface area contributed by atoms with E-state index in [0.717, 1.165) is 11.8 Å². The lowest BCUT2D eigenvalue weighted by Crippen LogP contribution is -2.12. The summed E-state index contributed by atoms with van der Waals surface area (Å²) in [4.78, 5) is 29.6. The van der Waals surface area contributed by atoms with Crippen molar-refractivity contribution < 1.29 is 4.74 Å². The summed E-state index contributed by atoms with van der Waals surface area (Å²) < 4.78 is 5.35. The molecular formula is C10H13N7O2S. The molecule has 0 amide bonds. The molecule has 9 nitrogen and oxygen atoms in total. The Labute approximate surface area is 118 Å². The number of nitrogens with one attached hydrogen (secondary N) is 1. The van der Waals surface area contributed by atoms with Crippen LogP contribution in [-0.2, 0) is 0 Å². The van der Waals surface area contributed by atoms with Gasteiger partial charge in [-0.15, -0.1) is 0 Å². The second-order valence-corrected chi connectivity index (χ2v) is 4.96. The maximum atomic E-state index is 11.3. The minimum Gasteiger partial charge on any atom is -0.461 e. The number of nitrogens with zero attached hydrogens (tertiary/aromatic N) is 4. The minimum absolute atomic E-state index is 0.0180. The van der Waals surface area contributed by atoms with Gasteiger partial charge in [0.1, 0.15) is 5.82 Å². The zero-order chi connectivity index (χ0) is 14.7. The maximum absolute atomic E-state index is 11.3. The molecule has 10 heteroatoms. The first-order valence-electron chi connectivity index (χ1n) is 5.65. The van der Waals surface area contributed by atoms with Crippen LogP contribution in [0.5, 0.6) is 6.01 Å². The monoisotopic (exact) mass is 295 g/mol. The number of hydrogen-bond acceptors (Lipinski definition) is 9. The fraction of sp³-hybridized carbons (Fsp3) is 0.300. The predicted octanol–water partition coefficient (Wildman–Crippen LogP) is 0.0577. The highest BCUT2D eigenvalue weighted by atomic mass is 32.2. The minimum atomic E-state index is -0.360. The molecular weight excluding hydrogens is 282 g/mol. The molecule has 0 spiro atoms. The molecule has 0 atom stereocenters. The third-order valence-electron chi connectivity index (χ3n) is 1.88. The third-order valence-corrected chi connectivity index (χ3v) is 2.63. The highest BCUT2D eigenvalue weighted by molar-refractivity contribution is 7.99. The number of ether oxygens (including phenoxy) is 1. The van der Waals surface area contributed by atoms with Gasteiger partial charge < -0.3 is 21.2 Å². The fourth-order valence-corrected chi connectivity index (χ4v) is 1.99. The van der Waals surface area contributed by atoms with Crippen LogP contribution in [0.3, 0.4) is 0 Å². The van der Waals surface area contributed by atoms with Gasteiger partial charge >= 0.3 is 6.01 Å². The molecule has 0 bridgehead atoms. The van der Waals surface area contributed by atoms with Gasteiger partial charge in [0.2, 0.25) is 11.1 Å². The summed E-state index contributed by atoms with van der Waals surface area (Å²) in [6.07, 6.45) is -0.0973. The number of aromatic nitrogens is 5. The Morgan fingerprint density at radius 2 is 2.00 bits per heavy atom. The van der Waals surface area contributed by atoms with E-state index in [4.69, 9.17) is 16.2 Å². The van der Waals surface area contributed by atoms with Crippen molar-refractivity contribution in [3.05, 3.63) is 16.4 Å². The number of H-pyrrole nitrogens is 1. The summed E-state index contributed by atoms with van der Waals surface area (Å²) in [5.41, 5.74) is 10.7. The Balaban J connectivity index is 2.28. The van der Waals surface area contributed by atoms with Crippen LogP contribution in [0.1, 0.15) is 13.8 Å². The Kier molecular flexibility index (Phi) is 4.03. The van der Waals surface area contributed by atoms with Gasteiger partial charge in [-0.3, -0.25) is 4.79 Å². The molecule has 106 valence electrons. The first-order valence-corrected chi connectivity index (χ1v) is 6.47. The summed E-state index contributed by atoms with van der Waals surface area (Å²) >= 11 is 1.00. The summed E-state index contributed by atoms with van der Waals surface area (Å²) in [6, 6.07) is 1.29. The van der Waals surface area contributed by atoms with E-state index in [2.05, 4.69) is 24.9 Å². The van der Waals surface area contributed by atoms with E-state index in [1.54, 1.807) is 0 Å². The van der Waals surface area contributed by atoms with Crippen molar-refractivity contribution in [1.29, 1.82) is 0 Å². The molecule has 0 aliphatic rings. The normalized spacial score (nSPS) is 10.8. The number of rotatable bonds is 4. The summed E-state index contributed by atoms with van der Waals surface area (Å²) in [6.45, 7) is 3.67. The van der Waals surface area contributed by atoms with Crippen molar-refractivity contribution in [1.82, 2.24) is 24.9 Å². The quantitative estimate of drug-likeness (QED) is 0.666. The molecule has 0 aliphatic heterocycles. The summed E-state index contributed by atoms with van der Waals surface area (Å²) in [7, 11) is 0. The van der Waals surface area contributed by atoms with E-state index >= 15 is 0 Å². The van der Waals surface area contributed by atoms with E-state index in [9.17, 15) is 4.79 Å². The molecule has 0 unspecified atom stereocenters. The van der Waals surface area contributed by atoms with Crippen molar-refractivity contribution in [3.8, 4) is 6.01 Å². The summed E-state index contributed by atoms with van der Waals surface area (Å²) in [5.74, 6) is 0.126. The van der Waals surface area contributed by atoms with Gasteiger partial charge in [0, 0.05) is 6.07 Å². The molecule has 2 aromatic rings. The average molecular weight is 295 g/mol. The van der Waals surface area contributed by atoms with Crippen LogP contribution in [0.15, 0.2) is 21.2 Å². The number of anilines is 2. The molecule has 0 saturated heterocycles. The van der Waals surface area contributed by atoms with Crippen LogP contribution >= 0.6 is 11.8 Å². The first kappa shape index (κ1) is 14.1. The SMILES string of the molecule is CC(C)Oc1nc(N)nc(Sc2nc(N)cc(=O)[nH]2)n1. The number of nitrogens with two attached hydrogens (primary N) is 2. The van der Waals surface area contributed by atoms with E-state index in [-0.39, 0.29) is 39.8 Å². The standard InChI is InChI=1S/C10H13N7O2S/c1-4(2)19-8-15-7(12)16-10(17-8)20-9-13-5(11)3-6(18)14-9/h3-4H,1-2H3,(H3,11,13,14,18)(H2,12,15,16,17). The largest absolute Gasteiger partial charge is 0.461 e. The third kappa shape index (κ3) is 3.82.